The molecule has 0 saturated carbocycles. The van der Waals surface area contributed by atoms with Crippen LogP contribution >= 0.6 is 0 Å². The second kappa shape index (κ2) is 6.16. The Morgan fingerprint density at radius 1 is 1.22 bits per heavy atom. The second-order valence-corrected chi connectivity index (χ2v) is 9.02. The number of sulfone groups is 1. The Morgan fingerprint density at radius 2 is 1.87 bits per heavy atom. The number of carbonyl (C=O) groups is 1. The molecule has 2 rings (SSSR count). The molecule has 2 aromatic rings. The van der Waals surface area contributed by atoms with Gasteiger partial charge in [0.1, 0.15) is 5.58 Å². The summed E-state index contributed by atoms with van der Waals surface area (Å²) in [4.78, 5) is 24.0. The molecule has 0 radical (unpaired) electrons. The molecule has 0 fully saturated rings. The number of fused-ring (bicyclic) bond motifs is 1. The third-order valence-corrected chi connectivity index (χ3v) is 6.06. The van der Waals surface area contributed by atoms with Gasteiger partial charge in [0.2, 0.25) is 0 Å². The van der Waals surface area contributed by atoms with Gasteiger partial charge < -0.3 is 9.73 Å². The van der Waals surface area contributed by atoms with Gasteiger partial charge >= 0.3 is 0 Å². The fourth-order valence-electron chi connectivity index (χ4n) is 1.91. The molecule has 1 amide bonds. The summed E-state index contributed by atoms with van der Waals surface area (Å²) >= 11 is 0. The van der Waals surface area contributed by atoms with E-state index in [2.05, 4.69) is 5.32 Å². The van der Waals surface area contributed by atoms with Gasteiger partial charge in [0.05, 0.1) is 15.9 Å². The predicted octanol–water partition coefficient (Wildman–Crippen LogP) is 1.74. The molecule has 0 spiro atoms. The van der Waals surface area contributed by atoms with E-state index in [-0.39, 0.29) is 23.5 Å². The van der Waals surface area contributed by atoms with Crippen molar-refractivity contribution in [3.05, 3.63) is 46.3 Å². The van der Waals surface area contributed by atoms with Gasteiger partial charge in [-0.25, -0.2) is 8.42 Å². The predicted molar refractivity (Wildman–Crippen MR) is 88.4 cm³/mol. The topological polar surface area (TPSA) is 93.5 Å². The molecule has 0 aliphatic heterocycles. The molecule has 0 unspecified atom stereocenters. The normalized spacial score (nSPS) is 12.3. The zero-order chi connectivity index (χ0) is 17.3. The number of rotatable bonds is 4. The van der Waals surface area contributed by atoms with Gasteiger partial charge in [-0.2, -0.15) is 0 Å². The van der Waals surface area contributed by atoms with E-state index in [1.165, 1.54) is 0 Å². The summed E-state index contributed by atoms with van der Waals surface area (Å²) in [5, 5.41) is 2.86. The van der Waals surface area contributed by atoms with Crippen molar-refractivity contribution in [3.63, 3.8) is 0 Å². The van der Waals surface area contributed by atoms with Crippen LogP contribution in [0.5, 0.6) is 0 Å². The summed E-state index contributed by atoms with van der Waals surface area (Å²) < 4.78 is 28.5. The summed E-state index contributed by atoms with van der Waals surface area (Å²) in [6.45, 7) is 4.76. The van der Waals surface area contributed by atoms with Crippen molar-refractivity contribution in [1.82, 2.24) is 5.32 Å². The number of nitrogens with one attached hydrogen (secondary N) is 1. The third-order valence-electron chi connectivity index (χ3n) is 3.45. The lowest BCUT2D eigenvalue weighted by atomic mass is 10.2. The molecule has 1 aromatic heterocycles. The number of benzene rings is 1. The average molecular weight is 337 g/mol. The van der Waals surface area contributed by atoms with E-state index in [9.17, 15) is 18.0 Å². The minimum atomic E-state index is -3.33. The molecule has 7 heteroatoms. The van der Waals surface area contributed by atoms with E-state index in [1.807, 2.05) is 0 Å². The molecule has 6 nitrogen and oxygen atoms in total. The Bertz CT molecular complexity index is 891. The number of hydrogen-bond donors (Lipinski definition) is 1. The zero-order valence-corrected chi connectivity index (χ0v) is 14.1. The minimum Gasteiger partial charge on any atom is -0.451 e. The first-order chi connectivity index (χ1) is 10.6. The minimum absolute atomic E-state index is 0.0467. The van der Waals surface area contributed by atoms with E-state index in [4.69, 9.17) is 4.42 Å². The lowest BCUT2D eigenvalue weighted by molar-refractivity contribution is 0.0929. The van der Waals surface area contributed by atoms with Gasteiger partial charge in [-0.15, -0.1) is 0 Å². The molecule has 1 heterocycles. The van der Waals surface area contributed by atoms with Crippen LogP contribution in [0.3, 0.4) is 0 Å². The molecular formula is C16H19NO5S. The van der Waals surface area contributed by atoms with Crippen molar-refractivity contribution in [2.45, 2.75) is 25.5 Å². The Labute approximate surface area is 134 Å². The smallest absolute Gasteiger partial charge is 0.287 e. The SMILES string of the molecule is CC(C)(C)S(=O)(=O)CCNC(=O)c1cc(=O)c2ccccc2o1. The van der Waals surface area contributed by atoms with Crippen LogP contribution in [0.25, 0.3) is 11.0 Å². The number of amides is 1. The highest BCUT2D eigenvalue weighted by molar-refractivity contribution is 7.92. The molecule has 0 bridgehead atoms. The van der Waals surface area contributed by atoms with Crippen LogP contribution in [0.2, 0.25) is 0 Å². The first kappa shape index (κ1) is 17.2. The number of hydrogen-bond acceptors (Lipinski definition) is 5. The van der Waals surface area contributed by atoms with Crippen LogP contribution in [0, 0.1) is 0 Å². The Hall–Kier alpha value is -2.15. The number of para-hydroxylation sites is 1. The van der Waals surface area contributed by atoms with E-state index in [0.29, 0.717) is 11.0 Å². The Morgan fingerprint density at radius 3 is 2.52 bits per heavy atom. The molecule has 124 valence electrons. The summed E-state index contributed by atoms with van der Waals surface area (Å²) in [5.41, 5.74) is -0.00761. The van der Waals surface area contributed by atoms with Crippen molar-refractivity contribution in [2.75, 3.05) is 12.3 Å². The van der Waals surface area contributed by atoms with Crippen LogP contribution in [0.4, 0.5) is 0 Å². The van der Waals surface area contributed by atoms with Crippen LogP contribution in [0.15, 0.2) is 39.5 Å². The highest BCUT2D eigenvalue weighted by atomic mass is 32.2. The van der Waals surface area contributed by atoms with Crippen LogP contribution < -0.4 is 10.7 Å². The maximum absolute atomic E-state index is 12.0. The third kappa shape index (κ3) is 3.79. The monoisotopic (exact) mass is 337 g/mol. The van der Waals surface area contributed by atoms with Gasteiger partial charge in [-0.1, -0.05) is 12.1 Å². The maximum Gasteiger partial charge on any atom is 0.287 e. The molecule has 23 heavy (non-hydrogen) atoms. The fourth-order valence-corrected chi connectivity index (χ4v) is 2.89. The largest absolute Gasteiger partial charge is 0.451 e. The van der Waals surface area contributed by atoms with Gasteiger partial charge in [-0.3, -0.25) is 9.59 Å². The van der Waals surface area contributed by atoms with E-state index in [1.54, 1.807) is 45.0 Å². The van der Waals surface area contributed by atoms with Gasteiger partial charge in [0, 0.05) is 12.6 Å². The second-order valence-electron chi connectivity index (χ2n) is 6.16. The molecular weight excluding hydrogens is 318 g/mol. The van der Waals surface area contributed by atoms with Crippen molar-refractivity contribution in [2.24, 2.45) is 0 Å². The molecule has 1 aromatic carbocycles. The van der Waals surface area contributed by atoms with Crippen LogP contribution in [-0.2, 0) is 9.84 Å². The highest BCUT2D eigenvalue weighted by Gasteiger charge is 2.28. The maximum atomic E-state index is 12.0. The summed E-state index contributed by atoms with van der Waals surface area (Å²) in [7, 11) is -3.33. The average Bonchev–Trinajstić information content (AvgIpc) is 2.45. The highest BCUT2D eigenvalue weighted by Crippen LogP contribution is 2.15. The van der Waals surface area contributed by atoms with Crippen LogP contribution in [-0.4, -0.2) is 31.4 Å². The molecule has 0 saturated heterocycles. The molecule has 0 aliphatic carbocycles. The first-order valence-electron chi connectivity index (χ1n) is 7.15. The molecule has 0 aliphatic rings. The summed E-state index contributed by atoms with van der Waals surface area (Å²) in [5.74, 6) is -0.932. The van der Waals surface area contributed by atoms with E-state index >= 15 is 0 Å². The summed E-state index contributed by atoms with van der Waals surface area (Å²) in [6.07, 6.45) is 0. The van der Waals surface area contributed by atoms with Gasteiger partial charge in [-0.05, 0) is 32.9 Å². The lowest BCUT2D eigenvalue weighted by Crippen LogP contribution is -2.36. The first-order valence-corrected chi connectivity index (χ1v) is 8.80. The van der Waals surface area contributed by atoms with Crippen molar-refractivity contribution < 1.29 is 17.6 Å². The standard InChI is InChI=1S/C16H19NO5S/c1-16(2,3)23(20,21)9-8-17-15(19)14-10-12(18)11-6-4-5-7-13(11)22-14/h4-7,10H,8-9H2,1-3H3,(H,17,19). The Kier molecular flexibility index (Phi) is 4.61. The van der Waals surface area contributed by atoms with Crippen LogP contribution in [0.1, 0.15) is 31.3 Å². The fraction of sp³-hybridized carbons (Fsp3) is 0.375. The molecule has 1 N–H and O–H groups in total. The quantitative estimate of drug-likeness (QED) is 0.917. The molecule has 0 atom stereocenters. The summed E-state index contributed by atoms with van der Waals surface area (Å²) in [6, 6.07) is 7.71. The lowest BCUT2D eigenvalue weighted by Gasteiger charge is -2.19. The van der Waals surface area contributed by atoms with Gasteiger partial charge in [0.15, 0.2) is 21.0 Å². The van der Waals surface area contributed by atoms with Crippen molar-refractivity contribution >= 4 is 26.7 Å². The van der Waals surface area contributed by atoms with Gasteiger partial charge in [0.25, 0.3) is 5.91 Å². The Balaban J connectivity index is 2.12. The van der Waals surface area contributed by atoms with Crippen molar-refractivity contribution in [1.29, 1.82) is 0 Å². The van der Waals surface area contributed by atoms with E-state index < -0.39 is 20.5 Å². The number of carbonyl (C=O) groups excluding carboxylic acids is 1. The van der Waals surface area contributed by atoms with E-state index in [0.717, 1.165) is 6.07 Å². The van der Waals surface area contributed by atoms with Crippen molar-refractivity contribution in [3.8, 4) is 0 Å². The zero-order valence-electron chi connectivity index (χ0n) is 13.3.